The highest BCUT2D eigenvalue weighted by Crippen LogP contribution is 2.16. The molecule has 0 unspecified atom stereocenters. The second kappa shape index (κ2) is 6.84. The monoisotopic (exact) mass is 333 g/mol. The fourth-order valence-corrected chi connectivity index (χ4v) is 2.56. The lowest BCUT2D eigenvalue weighted by atomic mass is 10.1. The van der Waals surface area contributed by atoms with Gasteiger partial charge in [0, 0.05) is 29.7 Å². The van der Waals surface area contributed by atoms with Gasteiger partial charge in [0.15, 0.2) is 0 Å². The molecule has 1 aromatic heterocycles. The number of benzene rings is 1. The predicted molar refractivity (Wildman–Crippen MR) is 87.1 cm³/mol. The minimum absolute atomic E-state index is 0.591. The van der Waals surface area contributed by atoms with E-state index < -0.39 is 0 Å². The molecule has 0 spiro atoms. The van der Waals surface area contributed by atoms with Crippen molar-refractivity contribution in [1.82, 2.24) is 9.97 Å². The number of nitrogens with one attached hydrogen (secondary N) is 1. The summed E-state index contributed by atoms with van der Waals surface area (Å²) in [6.45, 7) is 4.41. The average Bonchev–Trinajstić information content (AvgIpc) is 2.37. The molecule has 2 rings (SSSR count). The second-order valence-electron chi connectivity index (χ2n) is 5.32. The Bertz CT molecular complexity index is 582. The van der Waals surface area contributed by atoms with Crippen LogP contribution in [-0.4, -0.2) is 17.0 Å². The molecule has 0 bridgehead atoms. The molecule has 106 valence electrons. The van der Waals surface area contributed by atoms with Crippen LogP contribution in [-0.2, 0) is 12.8 Å². The first kappa shape index (κ1) is 15.0. The van der Waals surface area contributed by atoms with E-state index in [2.05, 4.69) is 57.2 Å². The molecule has 0 aliphatic heterocycles. The van der Waals surface area contributed by atoms with E-state index in [-0.39, 0.29) is 0 Å². The molecule has 1 aromatic carbocycles. The Hall–Kier alpha value is -1.42. The van der Waals surface area contributed by atoms with Crippen molar-refractivity contribution < 1.29 is 0 Å². The number of anilines is 1. The summed E-state index contributed by atoms with van der Waals surface area (Å²) in [4.78, 5) is 9.23. The van der Waals surface area contributed by atoms with Crippen LogP contribution in [0, 0.1) is 5.92 Å². The van der Waals surface area contributed by atoms with Crippen LogP contribution in [0.5, 0.6) is 0 Å². The Morgan fingerprint density at radius 3 is 2.65 bits per heavy atom. The summed E-state index contributed by atoms with van der Waals surface area (Å²) in [5, 5.41) is 3.12. The van der Waals surface area contributed by atoms with E-state index in [1.807, 2.05) is 25.2 Å². The Morgan fingerprint density at radius 1 is 1.20 bits per heavy atom. The zero-order valence-electron chi connectivity index (χ0n) is 12.2. The zero-order chi connectivity index (χ0) is 14.5. The van der Waals surface area contributed by atoms with Crippen molar-refractivity contribution in [3.05, 3.63) is 51.9 Å². The van der Waals surface area contributed by atoms with Crippen LogP contribution in [0.4, 0.5) is 5.82 Å². The largest absolute Gasteiger partial charge is 0.373 e. The van der Waals surface area contributed by atoms with Gasteiger partial charge in [-0.1, -0.05) is 41.9 Å². The van der Waals surface area contributed by atoms with Gasteiger partial charge in [-0.15, -0.1) is 0 Å². The van der Waals surface area contributed by atoms with Gasteiger partial charge in [0.05, 0.1) is 0 Å². The van der Waals surface area contributed by atoms with Gasteiger partial charge in [0.1, 0.15) is 11.6 Å². The molecule has 0 fully saturated rings. The van der Waals surface area contributed by atoms with Crippen molar-refractivity contribution in [3.63, 3.8) is 0 Å². The van der Waals surface area contributed by atoms with Crippen molar-refractivity contribution in [2.45, 2.75) is 26.7 Å². The van der Waals surface area contributed by atoms with E-state index in [1.165, 1.54) is 5.56 Å². The van der Waals surface area contributed by atoms with E-state index in [1.54, 1.807) is 0 Å². The van der Waals surface area contributed by atoms with Crippen LogP contribution in [0.1, 0.15) is 30.9 Å². The van der Waals surface area contributed by atoms with Gasteiger partial charge < -0.3 is 5.32 Å². The number of nitrogens with zero attached hydrogens (tertiary/aromatic N) is 2. The normalized spacial score (nSPS) is 10.8. The summed E-state index contributed by atoms with van der Waals surface area (Å²) in [6, 6.07) is 10.3. The van der Waals surface area contributed by atoms with Crippen LogP contribution >= 0.6 is 15.9 Å². The highest BCUT2D eigenvalue weighted by atomic mass is 79.9. The molecule has 4 heteroatoms. The van der Waals surface area contributed by atoms with E-state index in [0.717, 1.165) is 34.7 Å². The Morgan fingerprint density at radius 2 is 2.00 bits per heavy atom. The molecule has 3 nitrogen and oxygen atoms in total. The highest BCUT2D eigenvalue weighted by Gasteiger charge is 2.07. The Balaban J connectivity index is 2.26. The third kappa shape index (κ3) is 4.30. The van der Waals surface area contributed by atoms with Crippen molar-refractivity contribution in [1.29, 1.82) is 0 Å². The van der Waals surface area contributed by atoms with Gasteiger partial charge in [0.25, 0.3) is 0 Å². The molecule has 0 amide bonds. The molecule has 1 N–H and O–H groups in total. The van der Waals surface area contributed by atoms with Gasteiger partial charge in [-0.3, -0.25) is 0 Å². The zero-order valence-corrected chi connectivity index (χ0v) is 13.7. The van der Waals surface area contributed by atoms with Gasteiger partial charge in [-0.05, 0) is 30.0 Å². The number of hydrogen-bond donors (Lipinski definition) is 1. The summed E-state index contributed by atoms with van der Waals surface area (Å²) in [7, 11) is 1.89. The molecule has 0 aliphatic carbocycles. The molecule has 0 aliphatic rings. The first-order chi connectivity index (χ1) is 9.56. The third-order valence-corrected chi connectivity index (χ3v) is 3.44. The van der Waals surface area contributed by atoms with Gasteiger partial charge >= 0.3 is 0 Å². The summed E-state index contributed by atoms with van der Waals surface area (Å²) < 4.78 is 1.09. The molecule has 0 saturated carbocycles. The molecule has 0 radical (unpaired) electrons. The maximum absolute atomic E-state index is 4.68. The number of hydrogen-bond acceptors (Lipinski definition) is 3. The topological polar surface area (TPSA) is 37.8 Å². The van der Waals surface area contributed by atoms with E-state index in [9.17, 15) is 0 Å². The molecular weight excluding hydrogens is 314 g/mol. The van der Waals surface area contributed by atoms with Crippen molar-refractivity contribution in [2.75, 3.05) is 12.4 Å². The minimum Gasteiger partial charge on any atom is -0.373 e. The van der Waals surface area contributed by atoms with Crippen LogP contribution in [0.2, 0.25) is 0 Å². The predicted octanol–water partition coefficient (Wildman–Crippen LogP) is 4.07. The molecular formula is C16H20BrN3. The van der Waals surface area contributed by atoms with Crippen molar-refractivity contribution in [3.8, 4) is 0 Å². The molecule has 20 heavy (non-hydrogen) atoms. The SMILES string of the molecule is CNc1cc(CC(C)C)nc(Cc2cccc(Br)c2)n1. The summed E-state index contributed by atoms with van der Waals surface area (Å²) in [5.41, 5.74) is 2.31. The third-order valence-electron chi connectivity index (χ3n) is 2.95. The number of rotatable bonds is 5. The Kier molecular flexibility index (Phi) is 5.12. The fourth-order valence-electron chi connectivity index (χ4n) is 2.11. The fraction of sp³-hybridized carbons (Fsp3) is 0.375. The van der Waals surface area contributed by atoms with Crippen LogP contribution in [0.3, 0.4) is 0 Å². The van der Waals surface area contributed by atoms with Gasteiger partial charge in [-0.25, -0.2) is 9.97 Å². The second-order valence-corrected chi connectivity index (χ2v) is 6.23. The molecule has 0 atom stereocenters. The lowest BCUT2D eigenvalue weighted by Gasteiger charge is -2.09. The standard InChI is InChI=1S/C16H20BrN3/c1-11(2)7-14-10-15(18-3)20-16(19-14)9-12-5-4-6-13(17)8-12/h4-6,8,10-11H,7,9H2,1-3H3,(H,18,19,20). The van der Waals surface area contributed by atoms with E-state index in [4.69, 9.17) is 0 Å². The summed E-state index contributed by atoms with van der Waals surface area (Å²) >= 11 is 3.50. The molecule has 0 saturated heterocycles. The van der Waals surface area contributed by atoms with Crippen LogP contribution in [0.25, 0.3) is 0 Å². The summed E-state index contributed by atoms with van der Waals surface area (Å²) in [5.74, 6) is 2.35. The minimum atomic E-state index is 0.591. The maximum atomic E-state index is 4.68. The quantitative estimate of drug-likeness (QED) is 0.896. The lowest BCUT2D eigenvalue weighted by Crippen LogP contribution is -2.06. The highest BCUT2D eigenvalue weighted by molar-refractivity contribution is 9.10. The van der Waals surface area contributed by atoms with E-state index in [0.29, 0.717) is 5.92 Å². The lowest BCUT2D eigenvalue weighted by molar-refractivity contribution is 0.631. The maximum Gasteiger partial charge on any atom is 0.135 e. The summed E-state index contributed by atoms with van der Waals surface area (Å²) in [6.07, 6.45) is 1.72. The Labute approximate surface area is 129 Å². The number of aromatic nitrogens is 2. The van der Waals surface area contributed by atoms with Crippen molar-refractivity contribution >= 4 is 21.7 Å². The molecule has 2 aromatic rings. The smallest absolute Gasteiger partial charge is 0.135 e. The van der Waals surface area contributed by atoms with Crippen LogP contribution < -0.4 is 5.32 Å². The first-order valence-corrected chi connectivity index (χ1v) is 7.65. The van der Waals surface area contributed by atoms with E-state index >= 15 is 0 Å². The average molecular weight is 334 g/mol. The van der Waals surface area contributed by atoms with Crippen LogP contribution in [0.15, 0.2) is 34.8 Å². The first-order valence-electron chi connectivity index (χ1n) is 6.86. The van der Waals surface area contributed by atoms with Crippen molar-refractivity contribution in [2.24, 2.45) is 5.92 Å². The molecule has 1 heterocycles. The van der Waals surface area contributed by atoms with Gasteiger partial charge in [0.2, 0.25) is 0 Å². The number of halogens is 1. The van der Waals surface area contributed by atoms with Gasteiger partial charge in [-0.2, -0.15) is 0 Å².